The van der Waals surface area contributed by atoms with Crippen molar-refractivity contribution < 1.29 is 14.3 Å². The maximum Gasteiger partial charge on any atom is 0.308 e. The molecule has 5 heteroatoms. The van der Waals surface area contributed by atoms with Gasteiger partial charge in [-0.15, -0.1) is 0 Å². The van der Waals surface area contributed by atoms with Gasteiger partial charge in [-0.1, -0.05) is 0 Å². The molecule has 0 aliphatic rings. The minimum atomic E-state index is -0.555. The van der Waals surface area contributed by atoms with E-state index in [-0.39, 0.29) is 0 Å². The van der Waals surface area contributed by atoms with Gasteiger partial charge in [-0.2, -0.15) is 0 Å². The molecule has 0 unspecified atom stereocenters. The lowest BCUT2D eigenvalue weighted by Gasteiger charge is -2.04. The van der Waals surface area contributed by atoms with Gasteiger partial charge in [0, 0.05) is 12.5 Å². The Kier molecular flexibility index (Phi) is 3.66. The molecule has 0 N–H and O–H groups in total. The number of benzene rings is 1. The zero-order valence-corrected chi connectivity index (χ0v) is 9.55. The lowest BCUT2D eigenvalue weighted by Crippen LogP contribution is -2.02. The molecular formula is C9H6BrClO3. The fraction of sp³-hybridized carbons (Fsp3) is 0.111. The summed E-state index contributed by atoms with van der Waals surface area (Å²) in [5.74, 6) is -0.0604. The van der Waals surface area contributed by atoms with E-state index in [1.165, 1.54) is 25.1 Å². The summed E-state index contributed by atoms with van der Waals surface area (Å²) in [6, 6.07) is 4.48. The standard InChI is InChI=1S/C9H6BrClO3/c1-5(12)14-8-3-2-6(9(11)13)4-7(8)10/h2-4H,1H3. The van der Waals surface area contributed by atoms with Crippen LogP contribution in [0.2, 0.25) is 0 Å². The van der Waals surface area contributed by atoms with Crippen LogP contribution in [0.1, 0.15) is 17.3 Å². The van der Waals surface area contributed by atoms with Crippen molar-refractivity contribution in [2.24, 2.45) is 0 Å². The van der Waals surface area contributed by atoms with Crippen LogP contribution in [0.25, 0.3) is 0 Å². The molecule has 1 aromatic rings. The normalized spacial score (nSPS) is 9.64. The van der Waals surface area contributed by atoms with Crippen LogP contribution in [-0.2, 0) is 4.79 Å². The molecular weight excluding hydrogens is 271 g/mol. The number of esters is 1. The van der Waals surface area contributed by atoms with Crippen molar-refractivity contribution in [2.45, 2.75) is 6.92 Å². The molecule has 0 spiro atoms. The zero-order valence-electron chi connectivity index (χ0n) is 7.21. The summed E-state index contributed by atoms with van der Waals surface area (Å²) in [6.07, 6.45) is 0. The van der Waals surface area contributed by atoms with Crippen molar-refractivity contribution in [1.29, 1.82) is 0 Å². The van der Waals surface area contributed by atoms with E-state index >= 15 is 0 Å². The quantitative estimate of drug-likeness (QED) is 0.474. The molecule has 3 nitrogen and oxygen atoms in total. The molecule has 1 rings (SSSR count). The molecule has 0 bridgehead atoms. The first-order chi connectivity index (χ1) is 6.50. The summed E-state index contributed by atoms with van der Waals surface area (Å²) in [7, 11) is 0. The van der Waals surface area contributed by atoms with Crippen LogP contribution in [0.4, 0.5) is 0 Å². The Morgan fingerprint density at radius 3 is 2.50 bits per heavy atom. The molecule has 0 fully saturated rings. The molecule has 0 saturated carbocycles. The van der Waals surface area contributed by atoms with E-state index in [0.29, 0.717) is 15.8 Å². The predicted octanol–water partition coefficient (Wildman–Crippen LogP) is 2.75. The third-order valence-electron chi connectivity index (χ3n) is 1.41. The maximum atomic E-state index is 10.8. The lowest BCUT2D eigenvalue weighted by molar-refractivity contribution is -0.131. The highest BCUT2D eigenvalue weighted by Gasteiger charge is 2.08. The summed E-state index contributed by atoms with van der Waals surface area (Å²) in [6.45, 7) is 1.30. The van der Waals surface area contributed by atoms with Gasteiger partial charge in [-0.25, -0.2) is 0 Å². The van der Waals surface area contributed by atoms with Crippen LogP contribution in [0.15, 0.2) is 22.7 Å². The molecule has 0 aliphatic carbocycles. The molecule has 0 radical (unpaired) electrons. The monoisotopic (exact) mass is 276 g/mol. The Morgan fingerprint density at radius 2 is 2.07 bits per heavy atom. The Hall–Kier alpha value is -0.870. The second-order valence-corrected chi connectivity index (χ2v) is 3.71. The Bertz CT molecular complexity index is 390. The summed E-state index contributed by atoms with van der Waals surface area (Å²) < 4.78 is 5.35. The first-order valence-corrected chi connectivity index (χ1v) is 4.85. The third kappa shape index (κ3) is 2.82. The van der Waals surface area contributed by atoms with Crippen molar-refractivity contribution in [3.05, 3.63) is 28.2 Å². The summed E-state index contributed by atoms with van der Waals surface area (Å²) in [5.41, 5.74) is 0.342. The number of hydrogen-bond donors (Lipinski definition) is 0. The highest BCUT2D eigenvalue weighted by atomic mass is 79.9. The molecule has 0 aliphatic heterocycles. The highest BCUT2D eigenvalue weighted by Crippen LogP contribution is 2.26. The minimum Gasteiger partial charge on any atom is -0.426 e. The first kappa shape index (κ1) is 11.2. The van der Waals surface area contributed by atoms with Gasteiger partial charge in [0.2, 0.25) is 0 Å². The lowest BCUT2D eigenvalue weighted by atomic mass is 10.2. The van der Waals surface area contributed by atoms with E-state index in [9.17, 15) is 9.59 Å². The van der Waals surface area contributed by atoms with Crippen LogP contribution >= 0.6 is 27.5 Å². The smallest absolute Gasteiger partial charge is 0.308 e. The topological polar surface area (TPSA) is 43.4 Å². The minimum absolute atomic E-state index is 0.342. The number of hydrogen-bond acceptors (Lipinski definition) is 3. The van der Waals surface area contributed by atoms with E-state index in [0.717, 1.165) is 0 Å². The number of rotatable bonds is 2. The number of halogens is 2. The average molecular weight is 278 g/mol. The molecule has 1 aromatic carbocycles. The predicted molar refractivity (Wildman–Crippen MR) is 55.6 cm³/mol. The highest BCUT2D eigenvalue weighted by molar-refractivity contribution is 9.10. The van der Waals surface area contributed by atoms with Gasteiger partial charge in [0.05, 0.1) is 4.47 Å². The Balaban J connectivity index is 3.01. The maximum absolute atomic E-state index is 10.8. The Labute approximate surface area is 94.1 Å². The van der Waals surface area contributed by atoms with Gasteiger partial charge in [-0.05, 0) is 45.7 Å². The van der Waals surface area contributed by atoms with Gasteiger partial charge in [0.1, 0.15) is 5.75 Å². The molecule has 0 atom stereocenters. The number of carbonyl (C=O) groups excluding carboxylic acids is 2. The number of ether oxygens (including phenoxy) is 1. The van der Waals surface area contributed by atoms with Crippen LogP contribution in [-0.4, -0.2) is 11.2 Å². The third-order valence-corrected chi connectivity index (χ3v) is 2.25. The van der Waals surface area contributed by atoms with E-state index < -0.39 is 11.2 Å². The van der Waals surface area contributed by atoms with Crippen LogP contribution in [0.3, 0.4) is 0 Å². The van der Waals surface area contributed by atoms with Gasteiger partial charge in [0.15, 0.2) is 0 Å². The summed E-state index contributed by atoms with van der Waals surface area (Å²) >= 11 is 8.42. The van der Waals surface area contributed by atoms with Gasteiger partial charge in [-0.3, -0.25) is 9.59 Å². The molecule has 0 saturated heterocycles. The van der Waals surface area contributed by atoms with Gasteiger partial charge >= 0.3 is 5.97 Å². The SMILES string of the molecule is CC(=O)Oc1ccc(C(=O)Cl)cc1Br. The van der Waals surface area contributed by atoms with Crippen LogP contribution in [0, 0.1) is 0 Å². The van der Waals surface area contributed by atoms with E-state index in [2.05, 4.69) is 15.9 Å². The number of carbonyl (C=O) groups is 2. The van der Waals surface area contributed by atoms with E-state index in [1.807, 2.05) is 0 Å². The average Bonchev–Trinajstić information content (AvgIpc) is 2.07. The second-order valence-electron chi connectivity index (χ2n) is 2.51. The fourth-order valence-corrected chi connectivity index (χ4v) is 1.44. The largest absolute Gasteiger partial charge is 0.426 e. The van der Waals surface area contributed by atoms with Crippen LogP contribution < -0.4 is 4.74 Å². The summed E-state index contributed by atoms with van der Waals surface area (Å²) in [5, 5.41) is -0.555. The second kappa shape index (κ2) is 4.57. The molecule has 74 valence electrons. The van der Waals surface area contributed by atoms with Crippen molar-refractivity contribution >= 4 is 38.7 Å². The molecule has 0 heterocycles. The van der Waals surface area contributed by atoms with Crippen molar-refractivity contribution in [3.8, 4) is 5.75 Å². The molecule has 14 heavy (non-hydrogen) atoms. The molecule has 0 amide bonds. The Morgan fingerprint density at radius 1 is 1.43 bits per heavy atom. The van der Waals surface area contributed by atoms with Gasteiger partial charge in [0.25, 0.3) is 5.24 Å². The molecule has 0 aromatic heterocycles. The first-order valence-electron chi connectivity index (χ1n) is 3.68. The summed E-state index contributed by atoms with van der Waals surface area (Å²) in [4.78, 5) is 21.4. The van der Waals surface area contributed by atoms with E-state index in [4.69, 9.17) is 16.3 Å². The van der Waals surface area contributed by atoms with Crippen molar-refractivity contribution in [1.82, 2.24) is 0 Å². The van der Waals surface area contributed by atoms with E-state index in [1.54, 1.807) is 0 Å². The van der Waals surface area contributed by atoms with Crippen LogP contribution in [0.5, 0.6) is 5.75 Å². The van der Waals surface area contributed by atoms with Crippen molar-refractivity contribution in [2.75, 3.05) is 0 Å². The van der Waals surface area contributed by atoms with Gasteiger partial charge < -0.3 is 4.74 Å². The fourth-order valence-electron chi connectivity index (χ4n) is 0.861. The van der Waals surface area contributed by atoms with Crippen molar-refractivity contribution in [3.63, 3.8) is 0 Å². The zero-order chi connectivity index (χ0) is 10.7.